The highest BCUT2D eigenvalue weighted by Gasteiger charge is 2.05. The molecule has 0 aliphatic rings. The first kappa shape index (κ1) is 7.71. The van der Waals surface area contributed by atoms with Crippen LogP contribution in [0.4, 0.5) is 0 Å². The average molecular weight is 136 g/mol. The molecule has 0 saturated carbocycles. The lowest BCUT2D eigenvalue weighted by molar-refractivity contribution is -0.478. The molecule has 0 aromatic rings. The van der Waals surface area contributed by atoms with Crippen molar-refractivity contribution in [2.75, 3.05) is 12.8 Å². The lowest BCUT2D eigenvalue weighted by Gasteiger charge is -1.98. The van der Waals surface area contributed by atoms with Gasteiger partial charge in [0.15, 0.2) is 0 Å². The van der Waals surface area contributed by atoms with Gasteiger partial charge >= 0.3 is 0 Å². The summed E-state index contributed by atoms with van der Waals surface area (Å²) in [4.78, 5) is 9.27. The van der Waals surface area contributed by atoms with Gasteiger partial charge in [0, 0.05) is 4.92 Å². The van der Waals surface area contributed by atoms with Crippen LogP contribution in [0.5, 0.6) is 0 Å². The molecule has 0 radical (unpaired) electrons. The Kier molecular flexibility index (Phi) is 3.55. The zero-order valence-corrected chi connectivity index (χ0v) is 5.35. The van der Waals surface area contributed by atoms with Crippen LogP contribution in [0.3, 0.4) is 0 Å². The molecule has 0 aliphatic heterocycles. The summed E-state index contributed by atoms with van der Waals surface area (Å²) in [5, 5.41) is 9.32. The second-order valence-electron chi connectivity index (χ2n) is 1.29. The maximum Gasteiger partial charge on any atom is 0.228 e. The summed E-state index contributed by atoms with van der Waals surface area (Å²) in [6.45, 7) is -0.152. The van der Waals surface area contributed by atoms with Crippen LogP contribution in [0, 0.1) is 10.1 Å². The Bertz CT molecular complexity index is 87.4. The number of thioether (sulfide) groups is 1. The van der Waals surface area contributed by atoms with E-state index < -0.39 is 4.92 Å². The minimum absolute atomic E-state index is 0.152. The summed E-state index contributed by atoms with van der Waals surface area (Å²) >= 11 is 1.29. The van der Waals surface area contributed by atoms with Crippen molar-refractivity contribution in [2.24, 2.45) is 5.73 Å². The van der Waals surface area contributed by atoms with Gasteiger partial charge in [-0.05, 0) is 6.26 Å². The number of nitro groups is 1. The Morgan fingerprint density at radius 3 is 2.62 bits per heavy atom. The van der Waals surface area contributed by atoms with Gasteiger partial charge in [-0.3, -0.25) is 10.1 Å². The van der Waals surface area contributed by atoms with E-state index in [4.69, 9.17) is 5.73 Å². The molecule has 48 valence electrons. The highest BCUT2D eigenvalue weighted by Crippen LogP contribution is 1.97. The molecule has 0 rings (SSSR count). The predicted molar refractivity (Wildman–Crippen MR) is 33.4 cm³/mol. The van der Waals surface area contributed by atoms with Gasteiger partial charge in [0.1, 0.15) is 5.37 Å². The van der Waals surface area contributed by atoms with Crippen LogP contribution >= 0.6 is 11.8 Å². The zero-order valence-electron chi connectivity index (χ0n) is 4.53. The Balaban J connectivity index is 3.24. The normalized spacial score (nSPS) is 13.2. The van der Waals surface area contributed by atoms with Crippen molar-refractivity contribution in [3.63, 3.8) is 0 Å². The fraction of sp³-hybridized carbons (Fsp3) is 1.00. The molecule has 2 N–H and O–H groups in total. The Morgan fingerprint density at radius 1 is 2.00 bits per heavy atom. The highest BCUT2D eigenvalue weighted by atomic mass is 32.2. The molecule has 0 fully saturated rings. The molecule has 0 aliphatic carbocycles. The van der Waals surface area contributed by atoms with E-state index in [1.165, 1.54) is 11.8 Å². The minimum atomic E-state index is -0.416. The van der Waals surface area contributed by atoms with Gasteiger partial charge < -0.3 is 5.73 Å². The zero-order chi connectivity index (χ0) is 6.57. The monoisotopic (exact) mass is 136 g/mol. The summed E-state index contributed by atoms with van der Waals surface area (Å²) < 4.78 is 0. The molecular weight excluding hydrogens is 128 g/mol. The minimum Gasteiger partial charge on any atom is -0.314 e. The van der Waals surface area contributed by atoms with Crippen molar-refractivity contribution in [3.05, 3.63) is 10.1 Å². The topological polar surface area (TPSA) is 69.2 Å². The third kappa shape index (κ3) is 3.89. The Hall–Kier alpha value is -0.290. The van der Waals surface area contributed by atoms with Crippen LogP contribution in [-0.2, 0) is 0 Å². The van der Waals surface area contributed by atoms with E-state index in [0.717, 1.165) is 0 Å². The van der Waals surface area contributed by atoms with E-state index in [1.807, 2.05) is 0 Å². The van der Waals surface area contributed by atoms with Crippen molar-refractivity contribution < 1.29 is 4.92 Å². The fourth-order valence-electron chi connectivity index (χ4n) is 0.221. The van der Waals surface area contributed by atoms with Crippen LogP contribution in [0.25, 0.3) is 0 Å². The van der Waals surface area contributed by atoms with Gasteiger partial charge in [-0.2, -0.15) is 0 Å². The third-order valence-corrected chi connectivity index (χ3v) is 1.39. The first-order valence-electron chi connectivity index (χ1n) is 2.07. The Morgan fingerprint density at radius 2 is 2.50 bits per heavy atom. The van der Waals surface area contributed by atoms with Gasteiger partial charge in [0.2, 0.25) is 6.54 Å². The van der Waals surface area contributed by atoms with Gasteiger partial charge in [0.05, 0.1) is 0 Å². The first-order valence-corrected chi connectivity index (χ1v) is 3.35. The molecule has 5 heteroatoms. The quantitative estimate of drug-likeness (QED) is 0.334. The summed E-state index contributed by atoms with van der Waals surface area (Å²) in [5.41, 5.74) is 5.20. The number of hydrogen-bond acceptors (Lipinski definition) is 4. The molecule has 0 aromatic heterocycles. The Labute approximate surface area is 51.6 Å². The lowest BCUT2D eigenvalue weighted by Crippen LogP contribution is -2.24. The molecule has 0 aromatic carbocycles. The predicted octanol–water partition coefficient (Wildman–Crippen LogP) is -0.0891. The van der Waals surface area contributed by atoms with Gasteiger partial charge in [-0.1, -0.05) is 0 Å². The third-order valence-electron chi connectivity index (χ3n) is 0.632. The molecule has 0 saturated heterocycles. The van der Waals surface area contributed by atoms with Crippen molar-refractivity contribution in [1.29, 1.82) is 0 Å². The molecule has 8 heavy (non-hydrogen) atoms. The van der Waals surface area contributed by atoms with Crippen molar-refractivity contribution in [3.8, 4) is 0 Å². The second kappa shape index (κ2) is 3.68. The van der Waals surface area contributed by atoms with Crippen LogP contribution in [-0.4, -0.2) is 23.1 Å². The second-order valence-corrected chi connectivity index (χ2v) is 2.37. The average Bonchev–Trinajstić information content (AvgIpc) is 1.65. The number of nitrogens with two attached hydrogens (primary N) is 1. The summed E-state index contributed by atoms with van der Waals surface area (Å²) in [6.07, 6.45) is 1.74. The molecule has 0 bridgehead atoms. The van der Waals surface area contributed by atoms with Gasteiger partial charge in [-0.25, -0.2) is 0 Å². The van der Waals surface area contributed by atoms with Crippen molar-refractivity contribution >= 4 is 11.8 Å². The fourth-order valence-corrected chi connectivity index (χ4v) is 0.492. The van der Waals surface area contributed by atoms with E-state index in [1.54, 1.807) is 6.26 Å². The largest absolute Gasteiger partial charge is 0.314 e. The maximum atomic E-state index is 9.68. The number of hydrogen-bond donors (Lipinski definition) is 1. The molecule has 0 heterocycles. The molecule has 0 spiro atoms. The SMILES string of the molecule is CSC(N)C[N+](=O)[O-]. The molecule has 4 nitrogen and oxygen atoms in total. The van der Waals surface area contributed by atoms with Crippen LogP contribution < -0.4 is 5.73 Å². The van der Waals surface area contributed by atoms with E-state index in [-0.39, 0.29) is 11.9 Å². The summed E-state index contributed by atoms with van der Waals surface area (Å²) in [5.74, 6) is 0. The number of rotatable bonds is 3. The van der Waals surface area contributed by atoms with E-state index in [2.05, 4.69) is 0 Å². The van der Waals surface area contributed by atoms with E-state index in [0.29, 0.717) is 0 Å². The van der Waals surface area contributed by atoms with Crippen LogP contribution in [0.15, 0.2) is 0 Å². The van der Waals surface area contributed by atoms with Gasteiger partial charge in [0.25, 0.3) is 0 Å². The van der Waals surface area contributed by atoms with Crippen molar-refractivity contribution in [2.45, 2.75) is 5.37 Å². The van der Waals surface area contributed by atoms with Crippen molar-refractivity contribution in [1.82, 2.24) is 0 Å². The highest BCUT2D eigenvalue weighted by molar-refractivity contribution is 7.99. The summed E-state index contributed by atoms with van der Waals surface area (Å²) in [6, 6.07) is 0. The summed E-state index contributed by atoms with van der Waals surface area (Å²) in [7, 11) is 0. The lowest BCUT2D eigenvalue weighted by atomic mass is 10.7. The standard InChI is InChI=1S/C3H8N2O2S/c1-8-3(4)2-5(6)7/h3H,2,4H2,1H3. The van der Waals surface area contributed by atoms with E-state index in [9.17, 15) is 10.1 Å². The smallest absolute Gasteiger partial charge is 0.228 e. The van der Waals surface area contributed by atoms with Gasteiger partial charge in [-0.15, -0.1) is 11.8 Å². The van der Waals surface area contributed by atoms with E-state index >= 15 is 0 Å². The number of nitrogens with zero attached hydrogens (tertiary/aromatic N) is 1. The molecular formula is C3H8N2O2S. The van der Waals surface area contributed by atoms with Crippen LogP contribution in [0.1, 0.15) is 0 Å². The molecule has 1 atom stereocenters. The molecule has 1 unspecified atom stereocenters. The maximum absolute atomic E-state index is 9.68. The van der Waals surface area contributed by atoms with Crippen LogP contribution in [0.2, 0.25) is 0 Å². The molecule has 0 amide bonds. The first-order chi connectivity index (χ1) is 3.66.